The summed E-state index contributed by atoms with van der Waals surface area (Å²) in [5.74, 6) is 1.36. The van der Waals surface area contributed by atoms with E-state index in [2.05, 4.69) is 15.3 Å². The maximum absolute atomic E-state index is 11.2. The van der Waals surface area contributed by atoms with Crippen LogP contribution in [0.1, 0.15) is 19.8 Å². The van der Waals surface area contributed by atoms with Crippen LogP contribution in [-0.2, 0) is 4.79 Å². The van der Waals surface area contributed by atoms with Crippen molar-refractivity contribution in [3.05, 3.63) is 12.4 Å². The van der Waals surface area contributed by atoms with Gasteiger partial charge in [-0.3, -0.25) is 4.79 Å². The summed E-state index contributed by atoms with van der Waals surface area (Å²) in [5, 5.41) is 3.31. The van der Waals surface area contributed by atoms with Crippen LogP contribution >= 0.6 is 0 Å². The molecule has 0 aliphatic carbocycles. The number of hydrogen-bond acceptors (Lipinski definition) is 5. The molecule has 1 aromatic heterocycles. The van der Waals surface area contributed by atoms with Gasteiger partial charge in [-0.1, -0.05) is 0 Å². The third kappa shape index (κ3) is 3.05. The quantitative estimate of drug-likeness (QED) is 0.779. The number of carbonyl (C=O) groups excluding carboxylic acids is 1. The van der Waals surface area contributed by atoms with Crippen molar-refractivity contribution < 1.29 is 4.79 Å². The second-order valence-corrected chi connectivity index (χ2v) is 4.25. The predicted molar refractivity (Wildman–Crippen MR) is 65.3 cm³/mol. The zero-order chi connectivity index (χ0) is 12.3. The predicted octanol–water partition coefficient (Wildman–Crippen LogP) is 0.482. The Hall–Kier alpha value is -1.85. The second-order valence-electron chi connectivity index (χ2n) is 4.25. The van der Waals surface area contributed by atoms with E-state index >= 15 is 0 Å². The van der Waals surface area contributed by atoms with E-state index in [0.29, 0.717) is 11.9 Å². The number of piperidine rings is 1. The van der Waals surface area contributed by atoms with Gasteiger partial charge < -0.3 is 16.0 Å². The molecule has 2 rings (SSSR count). The number of carbonyl (C=O) groups is 1. The molecule has 0 saturated carbocycles. The summed E-state index contributed by atoms with van der Waals surface area (Å²) in [6.45, 7) is 3.21. The summed E-state index contributed by atoms with van der Waals surface area (Å²) in [6.07, 6.45) is 3.31. The first-order chi connectivity index (χ1) is 8.15. The smallest absolute Gasteiger partial charge is 0.219 e. The van der Waals surface area contributed by atoms with Crippen LogP contribution in [0.2, 0.25) is 0 Å². The topological polar surface area (TPSA) is 84.1 Å². The second kappa shape index (κ2) is 4.99. The highest BCUT2D eigenvalue weighted by Crippen LogP contribution is 2.15. The van der Waals surface area contributed by atoms with E-state index in [0.717, 1.165) is 31.7 Å². The molecule has 92 valence electrons. The number of hydrogen-bond donors (Lipinski definition) is 2. The van der Waals surface area contributed by atoms with E-state index in [-0.39, 0.29) is 5.91 Å². The van der Waals surface area contributed by atoms with Crippen molar-refractivity contribution in [1.82, 2.24) is 14.9 Å². The Balaban J connectivity index is 1.88. The Labute approximate surface area is 100 Å². The highest BCUT2D eigenvalue weighted by Gasteiger charge is 2.20. The number of nitrogens with one attached hydrogen (secondary N) is 1. The summed E-state index contributed by atoms with van der Waals surface area (Å²) < 4.78 is 0. The largest absolute Gasteiger partial charge is 0.384 e. The molecule has 3 N–H and O–H groups in total. The summed E-state index contributed by atoms with van der Waals surface area (Å²) in [4.78, 5) is 21.0. The van der Waals surface area contributed by atoms with E-state index in [1.807, 2.05) is 4.90 Å². The highest BCUT2D eigenvalue weighted by atomic mass is 16.2. The Morgan fingerprint density at radius 2 is 2.18 bits per heavy atom. The molecule has 2 heterocycles. The first kappa shape index (κ1) is 11.6. The Bertz CT molecular complexity index is 401. The van der Waals surface area contributed by atoms with Gasteiger partial charge in [-0.05, 0) is 12.8 Å². The molecule has 1 saturated heterocycles. The van der Waals surface area contributed by atoms with E-state index in [4.69, 9.17) is 5.73 Å². The first-order valence-electron chi connectivity index (χ1n) is 5.74. The lowest BCUT2D eigenvalue weighted by Gasteiger charge is -2.31. The molecule has 0 bridgehead atoms. The fraction of sp³-hybridized carbons (Fsp3) is 0.545. The molecule has 0 aromatic carbocycles. The summed E-state index contributed by atoms with van der Waals surface area (Å²) in [6, 6.07) is 2.07. The first-order valence-corrected chi connectivity index (χ1v) is 5.74. The SMILES string of the molecule is CC(=O)N1CCC(Nc2cc(N)ncn2)CC1. The summed E-state index contributed by atoms with van der Waals surface area (Å²) in [5.41, 5.74) is 5.58. The van der Waals surface area contributed by atoms with Gasteiger partial charge in [0.1, 0.15) is 18.0 Å². The molecule has 0 spiro atoms. The number of nitrogens with zero attached hydrogens (tertiary/aromatic N) is 3. The Morgan fingerprint density at radius 3 is 2.76 bits per heavy atom. The van der Waals surface area contributed by atoms with Crippen LogP contribution in [0.3, 0.4) is 0 Å². The van der Waals surface area contributed by atoms with Crippen molar-refractivity contribution in [2.75, 3.05) is 24.1 Å². The summed E-state index contributed by atoms with van der Waals surface area (Å²) >= 11 is 0. The number of amides is 1. The lowest BCUT2D eigenvalue weighted by atomic mass is 10.1. The van der Waals surface area contributed by atoms with Gasteiger partial charge in [-0.15, -0.1) is 0 Å². The van der Waals surface area contributed by atoms with Crippen molar-refractivity contribution in [3.63, 3.8) is 0 Å². The number of rotatable bonds is 2. The van der Waals surface area contributed by atoms with E-state index in [1.54, 1.807) is 13.0 Å². The van der Waals surface area contributed by atoms with Crippen LogP contribution in [-0.4, -0.2) is 39.9 Å². The average molecular weight is 235 g/mol. The number of likely N-dealkylation sites (tertiary alicyclic amines) is 1. The molecule has 1 aliphatic rings. The van der Waals surface area contributed by atoms with E-state index in [1.165, 1.54) is 6.33 Å². The molecule has 0 radical (unpaired) electrons. The molecule has 0 unspecified atom stereocenters. The maximum Gasteiger partial charge on any atom is 0.219 e. The van der Waals surface area contributed by atoms with E-state index in [9.17, 15) is 4.79 Å². The van der Waals surface area contributed by atoms with Gasteiger partial charge in [0.15, 0.2) is 0 Å². The number of aromatic nitrogens is 2. The third-order valence-corrected chi connectivity index (χ3v) is 2.98. The van der Waals surface area contributed by atoms with Crippen molar-refractivity contribution in [2.45, 2.75) is 25.8 Å². The molecule has 1 fully saturated rings. The van der Waals surface area contributed by atoms with Gasteiger partial charge in [0.05, 0.1) is 0 Å². The lowest BCUT2D eigenvalue weighted by molar-refractivity contribution is -0.129. The number of anilines is 2. The highest BCUT2D eigenvalue weighted by molar-refractivity contribution is 5.73. The fourth-order valence-electron chi connectivity index (χ4n) is 2.00. The summed E-state index contributed by atoms with van der Waals surface area (Å²) in [7, 11) is 0. The minimum Gasteiger partial charge on any atom is -0.384 e. The number of nitrogens with two attached hydrogens (primary N) is 1. The van der Waals surface area contributed by atoms with Crippen LogP contribution in [0.5, 0.6) is 0 Å². The zero-order valence-electron chi connectivity index (χ0n) is 9.89. The Kier molecular flexibility index (Phi) is 3.41. The number of nitrogen functional groups attached to an aromatic ring is 1. The molecule has 17 heavy (non-hydrogen) atoms. The molecule has 0 atom stereocenters. The molecular weight excluding hydrogens is 218 g/mol. The molecule has 1 amide bonds. The molecule has 1 aromatic rings. The minimum atomic E-state index is 0.148. The van der Waals surface area contributed by atoms with Crippen LogP contribution in [0.15, 0.2) is 12.4 Å². The maximum atomic E-state index is 11.2. The van der Waals surface area contributed by atoms with Crippen LogP contribution in [0, 0.1) is 0 Å². The molecule has 1 aliphatic heterocycles. The minimum absolute atomic E-state index is 0.148. The van der Waals surface area contributed by atoms with Gasteiger partial charge >= 0.3 is 0 Å². The molecule has 6 nitrogen and oxygen atoms in total. The fourth-order valence-corrected chi connectivity index (χ4v) is 2.00. The third-order valence-electron chi connectivity index (χ3n) is 2.98. The van der Waals surface area contributed by atoms with Gasteiger partial charge in [0.25, 0.3) is 0 Å². The van der Waals surface area contributed by atoms with Crippen LogP contribution < -0.4 is 11.1 Å². The van der Waals surface area contributed by atoms with E-state index < -0.39 is 0 Å². The van der Waals surface area contributed by atoms with Crippen molar-refractivity contribution >= 4 is 17.5 Å². The average Bonchev–Trinajstić information content (AvgIpc) is 2.29. The lowest BCUT2D eigenvalue weighted by Crippen LogP contribution is -2.41. The van der Waals surface area contributed by atoms with Crippen LogP contribution in [0.4, 0.5) is 11.6 Å². The van der Waals surface area contributed by atoms with Gasteiger partial charge in [-0.25, -0.2) is 9.97 Å². The van der Waals surface area contributed by atoms with Gasteiger partial charge in [-0.2, -0.15) is 0 Å². The molecular formula is C11H17N5O. The van der Waals surface area contributed by atoms with Crippen molar-refractivity contribution in [3.8, 4) is 0 Å². The molecule has 6 heteroatoms. The Morgan fingerprint density at radius 1 is 1.47 bits per heavy atom. The van der Waals surface area contributed by atoms with Crippen LogP contribution in [0.25, 0.3) is 0 Å². The standard InChI is InChI=1S/C11H17N5O/c1-8(17)16-4-2-9(3-5-16)15-11-6-10(12)13-7-14-11/h6-7,9H,2-5H2,1H3,(H3,12,13,14,15). The van der Waals surface area contributed by atoms with Crippen molar-refractivity contribution in [2.24, 2.45) is 0 Å². The van der Waals surface area contributed by atoms with Crippen molar-refractivity contribution in [1.29, 1.82) is 0 Å². The van der Waals surface area contributed by atoms with Gasteiger partial charge in [0, 0.05) is 32.1 Å². The zero-order valence-corrected chi connectivity index (χ0v) is 9.89. The normalized spacial score (nSPS) is 16.9. The van der Waals surface area contributed by atoms with Gasteiger partial charge in [0.2, 0.25) is 5.91 Å². The monoisotopic (exact) mass is 235 g/mol.